The summed E-state index contributed by atoms with van der Waals surface area (Å²) >= 11 is 3.35. The summed E-state index contributed by atoms with van der Waals surface area (Å²) < 4.78 is 5.56. The number of ether oxygens (including phenoxy) is 1. The standard InChI is InChI=1S/C12H10BrN3O2/c1-7-10(12(17)18-2)15-16-11(14-7)8-3-5-9(13)6-4-8/h3-6H,1-2H3. The van der Waals surface area contributed by atoms with E-state index in [4.69, 9.17) is 0 Å². The Kier molecular flexibility index (Phi) is 3.66. The van der Waals surface area contributed by atoms with Crippen molar-refractivity contribution in [1.82, 2.24) is 15.2 Å². The molecule has 18 heavy (non-hydrogen) atoms. The van der Waals surface area contributed by atoms with E-state index in [9.17, 15) is 4.79 Å². The molecule has 1 heterocycles. The highest BCUT2D eigenvalue weighted by Gasteiger charge is 2.14. The van der Waals surface area contributed by atoms with Crippen LogP contribution in [0.3, 0.4) is 0 Å². The van der Waals surface area contributed by atoms with Gasteiger partial charge in [-0.05, 0) is 19.1 Å². The van der Waals surface area contributed by atoms with Crippen LogP contribution in [-0.4, -0.2) is 28.3 Å². The first kappa shape index (κ1) is 12.6. The monoisotopic (exact) mass is 307 g/mol. The Balaban J connectivity index is 2.40. The third kappa shape index (κ3) is 2.53. The highest BCUT2D eigenvalue weighted by molar-refractivity contribution is 9.10. The molecule has 6 heteroatoms. The van der Waals surface area contributed by atoms with Crippen molar-refractivity contribution >= 4 is 21.9 Å². The number of carbonyl (C=O) groups excluding carboxylic acids is 1. The van der Waals surface area contributed by atoms with Gasteiger partial charge in [-0.3, -0.25) is 0 Å². The molecule has 0 spiro atoms. The second-order valence-electron chi connectivity index (χ2n) is 3.57. The number of methoxy groups -OCH3 is 1. The summed E-state index contributed by atoms with van der Waals surface area (Å²) in [4.78, 5) is 15.6. The second-order valence-corrected chi connectivity index (χ2v) is 4.48. The maximum atomic E-state index is 11.4. The smallest absolute Gasteiger partial charge is 0.360 e. The molecule has 2 rings (SSSR count). The summed E-state index contributed by atoms with van der Waals surface area (Å²) in [6, 6.07) is 7.53. The van der Waals surface area contributed by atoms with Gasteiger partial charge in [0.05, 0.1) is 12.8 Å². The first-order valence-corrected chi connectivity index (χ1v) is 5.96. The van der Waals surface area contributed by atoms with E-state index < -0.39 is 5.97 Å². The number of rotatable bonds is 2. The fraction of sp³-hybridized carbons (Fsp3) is 0.167. The summed E-state index contributed by atoms with van der Waals surface area (Å²) in [5.74, 6) is -0.0532. The van der Waals surface area contributed by atoms with Crippen LogP contribution in [0.25, 0.3) is 11.4 Å². The average molecular weight is 308 g/mol. The number of halogens is 1. The Morgan fingerprint density at radius 3 is 2.44 bits per heavy atom. The van der Waals surface area contributed by atoms with Crippen molar-refractivity contribution in [2.45, 2.75) is 6.92 Å². The van der Waals surface area contributed by atoms with E-state index in [1.54, 1.807) is 6.92 Å². The molecule has 0 atom stereocenters. The first-order valence-electron chi connectivity index (χ1n) is 5.17. The lowest BCUT2D eigenvalue weighted by Gasteiger charge is -2.04. The summed E-state index contributed by atoms with van der Waals surface area (Å²) in [6.07, 6.45) is 0. The van der Waals surface area contributed by atoms with E-state index >= 15 is 0 Å². The largest absolute Gasteiger partial charge is 0.464 e. The molecule has 92 valence electrons. The molecular formula is C12H10BrN3O2. The van der Waals surface area contributed by atoms with Gasteiger partial charge in [-0.2, -0.15) is 0 Å². The molecular weight excluding hydrogens is 298 g/mol. The normalized spacial score (nSPS) is 10.2. The van der Waals surface area contributed by atoms with Crippen LogP contribution in [0.1, 0.15) is 16.2 Å². The van der Waals surface area contributed by atoms with Gasteiger partial charge in [0.1, 0.15) is 0 Å². The van der Waals surface area contributed by atoms with Gasteiger partial charge in [-0.1, -0.05) is 28.1 Å². The molecule has 1 aromatic carbocycles. The number of carbonyl (C=O) groups is 1. The number of esters is 1. The topological polar surface area (TPSA) is 65.0 Å². The van der Waals surface area contributed by atoms with Gasteiger partial charge in [0.2, 0.25) is 0 Å². The van der Waals surface area contributed by atoms with E-state index in [0.29, 0.717) is 11.5 Å². The lowest BCUT2D eigenvalue weighted by Crippen LogP contribution is -2.10. The lowest BCUT2D eigenvalue weighted by atomic mass is 10.2. The van der Waals surface area contributed by atoms with Crippen molar-refractivity contribution in [1.29, 1.82) is 0 Å². The first-order chi connectivity index (χ1) is 8.61. The van der Waals surface area contributed by atoms with Gasteiger partial charge in [-0.15, -0.1) is 10.2 Å². The maximum Gasteiger partial charge on any atom is 0.360 e. The number of aryl methyl sites for hydroxylation is 1. The fourth-order valence-electron chi connectivity index (χ4n) is 1.41. The van der Waals surface area contributed by atoms with Crippen LogP contribution in [0.4, 0.5) is 0 Å². The van der Waals surface area contributed by atoms with Crippen molar-refractivity contribution in [2.24, 2.45) is 0 Å². The molecule has 0 unspecified atom stereocenters. The van der Waals surface area contributed by atoms with Crippen LogP contribution >= 0.6 is 15.9 Å². The van der Waals surface area contributed by atoms with E-state index in [-0.39, 0.29) is 5.69 Å². The molecule has 0 amide bonds. The molecule has 0 aliphatic rings. The predicted molar refractivity (Wildman–Crippen MR) is 69.0 cm³/mol. The Morgan fingerprint density at radius 2 is 1.89 bits per heavy atom. The van der Waals surface area contributed by atoms with Crippen LogP contribution in [0.15, 0.2) is 28.7 Å². The summed E-state index contributed by atoms with van der Waals surface area (Å²) in [7, 11) is 1.30. The Bertz CT molecular complexity index is 584. The lowest BCUT2D eigenvalue weighted by molar-refractivity contribution is 0.0591. The van der Waals surface area contributed by atoms with Gasteiger partial charge >= 0.3 is 5.97 Å². The van der Waals surface area contributed by atoms with Crippen molar-refractivity contribution in [3.8, 4) is 11.4 Å². The number of hydrogen-bond donors (Lipinski definition) is 0. The summed E-state index contributed by atoms with van der Waals surface area (Å²) in [6.45, 7) is 1.70. The molecule has 0 saturated heterocycles. The Hall–Kier alpha value is -1.82. The predicted octanol–water partition coefficient (Wildman–Crippen LogP) is 2.40. The van der Waals surface area contributed by atoms with Gasteiger partial charge in [-0.25, -0.2) is 9.78 Å². The minimum absolute atomic E-state index is 0.137. The number of hydrogen-bond acceptors (Lipinski definition) is 5. The molecule has 0 fully saturated rings. The van der Waals surface area contributed by atoms with Gasteiger partial charge in [0.15, 0.2) is 11.5 Å². The van der Waals surface area contributed by atoms with E-state index in [1.807, 2.05) is 24.3 Å². The fourth-order valence-corrected chi connectivity index (χ4v) is 1.67. The second kappa shape index (κ2) is 5.22. The molecule has 0 aliphatic heterocycles. The molecule has 0 N–H and O–H groups in total. The quantitative estimate of drug-likeness (QED) is 0.797. The molecule has 0 bridgehead atoms. The number of aromatic nitrogens is 3. The minimum Gasteiger partial charge on any atom is -0.464 e. The zero-order valence-electron chi connectivity index (χ0n) is 9.85. The number of nitrogens with zero attached hydrogens (tertiary/aromatic N) is 3. The third-order valence-corrected chi connectivity index (χ3v) is 2.87. The van der Waals surface area contributed by atoms with E-state index in [1.165, 1.54) is 7.11 Å². The molecule has 0 radical (unpaired) electrons. The van der Waals surface area contributed by atoms with Crippen LogP contribution in [0, 0.1) is 6.92 Å². The Labute approximate surface area is 112 Å². The maximum absolute atomic E-state index is 11.4. The average Bonchev–Trinajstić information content (AvgIpc) is 2.38. The third-order valence-electron chi connectivity index (χ3n) is 2.34. The molecule has 2 aromatic rings. The molecule has 0 saturated carbocycles. The van der Waals surface area contributed by atoms with Crippen molar-refractivity contribution in [3.05, 3.63) is 40.1 Å². The van der Waals surface area contributed by atoms with Crippen molar-refractivity contribution in [3.63, 3.8) is 0 Å². The zero-order chi connectivity index (χ0) is 13.1. The molecule has 5 nitrogen and oxygen atoms in total. The van der Waals surface area contributed by atoms with E-state index in [0.717, 1.165) is 10.0 Å². The highest BCUT2D eigenvalue weighted by atomic mass is 79.9. The van der Waals surface area contributed by atoms with Gasteiger partial charge < -0.3 is 4.74 Å². The Morgan fingerprint density at radius 1 is 1.22 bits per heavy atom. The van der Waals surface area contributed by atoms with Gasteiger partial charge in [0.25, 0.3) is 0 Å². The van der Waals surface area contributed by atoms with Crippen LogP contribution in [-0.2, 0) is 4.74 Å². The summed E-state index contributed by atoms with van der Waals surface area (Å²) in [5.41, 5.74) is 1.47. The number of benzene rings is 1. The van der Waals surface area contributed by atoms with Crippen LogP contribution in [0.2, 0.25) is 0 Å². The zero-order valence-corrected chi connectivity index (χ0v) is 11.4. The van der Waals surface area contributed by atoms with Crippen molar-refractivity contribution in [2.75, 3.05) is 7.11 Å². The van der Waals surface area contributed by atoms with Crippen molar-refractivity contribution < 1.29 is 9.53 Å². The molecule has 1 aromatic heterocycles. The van der Waals surface area contributed by atoms with Crippen LogP contribution in [0.5, 0.6) is 0 Å². The SMILES string of the molecule is COC(=O)c1nnc(-c2ccc(Br)cc2)nc1C. The highest BCUT2D eigenvalue weighted by Crippen LogP contribution is 2.18. The minimum atomic E-state index is -0.533. The van der Waals surface area contributed by atoms with Crippen LogP contribution < -0.4 is 0 Å². The van der Waals surface area contributed by atoms with Gasteiger partial charge in [0, 0.05) is 10.0 Å². The summed E-state index contributed by atoms with van der Waals surface area (Å²) in [5, 5.41) is 7.78. The van der Waals surface area contributed by atoms with E-state index in [2.05, 4.69) is 35.8 Å². The molecule has 0 aliphatic carbocycles.